The molecule has 0 aromatic rings. The summed E-state index contributed by atoms with van der Waals surface area (Å²) in [7, 11) is 0. The Morgan fingerprint density at radius 3 is 1.23 bits per heavy atom. The normalized spacial score (nSPS) is 20.4. The predicted octanol–water partition coefficient (Wildman–Crippen LogP) is 16.8. The Bertz CT molecular complexity index is 1590. The van der Waals surface area contributed by atoms with Crippen molar-refractivity contribution in [3.63, 3.8) is 0 Å². The maximum atomic E-state index is 13.0. The van der Waals surface area contributed by atoms with Gasteiger partial charge in [0.15, 0.2) is 6.10 Å². The maximum Gasteiger partial charge on any atom is 0.331 e. The van der Waals surface area contributed by atoms with Crippen molar-refractivity contribution < 1.29 is 62.5 Å². The Morgan fingerprint density at radius 2 is 0.812 bits per heavy atom. The molecule has 3 fully saturated rings. The zero-order valence-electron chi connectivity index (χ0n) is 51.4. The summed E-state index contributed by atoms with van der Waals surface area (Å²) in [5.74, 6) is -1.73. The van der Waals surface area contributed by atoms with Crippen LogP contribution in [0.3, 0.4) is 0 Å². The first-order valence-electron chi connectivity index (χ1n) is 33.4. The lowest BCUT2D eigenvalue weighted by Crippen LogP contribution is -2.33. The number of carbonyl (C=O) groups excluding carboxylic acids is 3. The molecule has 0 aromatic carbocycles. The second kappa shape index (κ2) is 46.4. The number of epoxide rings is 3. The Morgan fingerprint density at radius 1 is 0.463 bits per heavy atom. The number of esters is 3. The third-order valence-corrected chi connectivity index (χ3v) is 16.6. The smallest absolute Gasteiger partial charge is 0.331 e. The number of unbranched alkanes of at least 4 members (excludes halogenated alkanes) is 27. The maximum absolute atomic E-state index is 13.0. The molecule has 3 rings (SSSR count). The fourth-order valence-corrected chi connectivity index (χ4v) is 11.2. The lowest BCUT2D eigenvalue weighted by molar-refractivity contribution is -0.156. The molecule has 8 atom stereocenters. The van der Waals surface area contributed by atoms with Gasteiger partial charge in [-0.2, -0.15) is 0 Å². The number of rotatable bonds is 58. The Labute approximate surface area is 486 Å². The van der Waals surface area contributed by atoms with Crippen LogP contribution in [0.2, 0.25) is 0 Å². The van der Waals surface area contributed by atoms with Crippen molar-refractivity contribution in [2.75, 3.05) is 13.2 Å². The molecule has 2 N–H and O–H groups in total. The highest BCUT2D eigenvalue weighted by Crippen LogP contribution is 2.35. The number of aliphatic hydroxyl groups excluding tert-OH is 1. The number of carboxylic acids is 1. The van der Waals surface area contributed by atoms with E-state index in [4.69, 9.17) is 33.2 Å². The zero-order valence-corrected chi connectivity index (χ0v) is 51.4. The van der Waals surface area contributed by atoms with Gasteiger partial charge in [0.2, 0.25) is 0 Å². The quantitative estimate of drug-likeness (QED) is 0.0147. The topological polar surface area (TPSA) is 183 Å². The Hall–Kier alpha value is -3.00. The number of aliphatic hydroxyl groups is 1. The second-order valence-corrected chi connectivity index (χ2v) is 24.0. The van der Waals surface area contributed by atoms with E-state index in [9.17, 15) is 29.4 Å². The Kier molecular flexibility index (Phi) is 41.3. The van der Waals surface area contributed by atoms with Crippen LogP contribution >= 0.6 is 0 Å². The van der Waals surface area contributed by atoms with Gasteiger partial charge in [0.05, 0.1) is 54.9 Å². The average Bonchev–Trinajstić information content (AvgIpc) is 4.41. The minimum atomic E-state index is -1.25. The lowest BCUT2D eigenvalue weighted by Gasteiger charge is -2.23. The van der Waals surface area contributed by atoms with Crippen LogP contribution in [-0.4, -0.2) is 102 Å². The molecule has 3 saturated heterocycles. The van der Waals surface area contributed by atoms with Crippen molar-refractivity contribution in [1.29, 1.82) is 0 Å². The molecule has 0 bridgehead atoms. The number of hydrogen-bond acceptors (Lipinski definition) is 12. The minimum absolute atomic E-state index is 0.00394. The van der Waals surface area contributed by atoms with Gasteiger partial charge in [-0.15, -0.1) is 0 Å². The van der Waals surface area contributed by atoms with E-state index in [1.165, 1.54) is 122 Å². The number of allylic oxidation sites excluding steroid dienone is 2. The highest BCUT2D eigenvalue weighted by Gasteiger charge is 2.41. The van der Waals surface area contributed by atoms with E-state index >= 15 is 0 Å². The SMILES string of the molecule is C=C(CC(=O)OC(CCCCCCCC(=CC)OC(COC(=O)CCCCCCCC1OC1CCCCCCCCC)COC(=O)CCCCCCCC1OC1CCCCCCCCC)C(O)CC1OC1CCCCCC)C(=O)O. The molecule has 0 aliphatic carbocycles. The van der Waals surface area contributed by atoms with Crippen LogP contribution in [0.1, 0.15) is 310 Å². The summed E-state index contributed by atoms with van der Waals surface area (Å²) in [6.07, 6.45) is 46.8. The molecule has 80 heavy (non-hydrogen) atoms. The average molecular weight is 1130 g/mol. The van der Waals surface area contributed by atoms with Gasteiger partial charge in [-0.25, -0.2) is 4.79 Å². The number of hydrogen-bond donors (Lipinski definition) is 2. The molecular formula is C67H118O13. The van der Waals surface area contributed by atoms with E-state index in [2.05, 4.69) is 27.4 Å². The van der Waals surface area contributed by atoms with Crippen molar-refractivity contribution in [1.82, 2.24) is 0 Å². The van der Waals surface area contributed by atoms with E-state index < -0.39 is 36.7 Å². The summed E-state index contributed by atoms with van der Waals surface area (Å²) in [6.45, 7) is 12.1. The van der Waals surface area contributed by atoms with Crippen molar-refractivity contribution in [3.05, 3.63) is 24.0 Å². The van der Waals surface area contributed by atoms with Crippen molar-refractivity contribution >= 4 is 23.9 Å². The summed E-state index contributed by atoms with van der Waals surface area (Å²) in [5.41, 5.74) is -0.249. The van der Waals surface area contributed by atoms with Crippen LogP contribution in [0.4, 0.5) is 0 Å². The highest BCUT2D eigenvalue weighted by atomic mass is 16.6. The molecule has 3 aliphatic heterocycles. The largest absolute Gasteiger partial charge is 0.488 e. The molecule has 13 nitrogen and oxygen atoms in total. The molecule has 0 spiro atoms. The van der Waals surface area contributed by atoms with E-state index in [1.807, 2.05) is 13.0 Å². The molecule has 0 aromatic heterocycles. The van der Waals surface area contributed by atoms with Crippen molar-refractivity contribution in [2.45, 2.75) is 365 Å². The molecular weight excluding hydrogens is 1010 g/mol. The molecule has 0 saturated carbocycles. The molecule has 13 heteroatoms. The van der Waals surface area contributed by atoms with Gasteiger partial charge in [0.1, 0.15) is 19.3 Å². The van der Waals surface area contributed by atoms with Crippen LogP contribution in [-0.2, 0) is 52.3 Å². The van der Waals surface area contributed by atoms with E-state index in [0.717, 1.165) is 128 Å². The van der Waals surface area contributed by atoms with E-state index in [0.29, 0.717) is 56.5 Å². The summed E-state index contributed by atoms with van der Waals surface area (Å²) < 4.78 is 41.3. The molecule has 3 aliphatic rings. The van der Waals surface area contributed by atoms with Crippen molar-refractivity contribution in [2.24, 2.45) is 0 Å². The van der Waals surface area contributed by atoms with E-state index in [1.54, 1.807) is 0 Å². The zero-order chi connectivity index (χ0) is 57.8. The fraction of sp³-hybridized carbons (Fsp3) is 0.881. The van der Waals surface area contributed by atoms with Gasteiger partial charge in [-0.05, 0) is 77.2 Å². The van der Waals surface area contributed by atoms with Gasteiger partial charge in [-0.3, -0.25) is 14.4 Å². The first-order chi connectivity index (χ1) is 39.0. The van der Waals surface area contributed by atoms with Gasteiger partial charge >= 0.3 is 23.9 Å². The molecule has 3 heterocycles. The summed E-state index contributed by atoms with van der Waals surface area (Å²) in [6, 6.07) is 0. The number of ether oxygens (including phenoxy) is 7. The third kappa shape index (κ3) is 37.3. The minimum Gasteiger partial charge on any atom is -0.488 e. The first-order valence-corrected chi connectivity index (χ1v) is 33.4. The fourth-order valence-electron chi connectivity index (χ4n) is 11.2. The molecule has 464 valence electrons. The van der Waals surface area contributed by atoms with Crippen LogP contribution in [0.25, 0.3) is 0 Å². The second-order valence-electron chi connectivity index (χ2n) is 24.0. The summed E-state index contributed by atoms with van der Waals surface area (Å²) >= 11 is 0. The highest BCUT2D eigenvalue weighted by molar-refractivity contribution is 5.91. The monoisotopic (exact) mass is 1130 g/mol. The molecule has 8 unspecified atom stereocenters. The van der Waals surface area contributed by atoms with Crippen molar-refractivity contribution in [3.8, 4) is 0 Å². The third-order valence-electron chi connectivity index (χ3n) is 16.6. The first kappa shape index (κ1) is 71.3. The lowest BCUT2D eigenvalue weighted by atomic mass is 9.99. The van der Waals surface area contributed by atoms with Crippen LogP contribution in [0.15, 0.2) is 24.0 Å². The van der Waals surface area contributed by atoms with Gasteiger partial charge in [0.25, 0.3) is 0 Å². The summed E-state index contributed by atoms with van der Waals surface area (Å²) in [5, 5.41) is 20.4. The van der Waals surface area contributed by atoms with Gasteiger partial charge in [-0.1, -0.05) is 214 Å². The molecule has 0 amide bonds. The van der Waals surface area contributed by atoms with Crippen LogP contribution < -0.4 is 0 Å². The Balaban J connectivity index is 1.36. The predicted molar refractivity (Wildman–Crippen MR) is 319 cm³/mol. The van der Waals surface area contributed by atoms with E-state index in [-0.39, 0.29) is 42.9 Å². The van der Waals surface area contributed by atoms with Crippen LogP contribution in [0, 0.1) is 0 Å². The number of carboxylic acid groups (broad SMARTS) is 1. The van der Waals surface area contributed by atoms with Gasteiger partial charge < -0.3 is 43.4 Å². The molecule has 0 radical (unpaired) electrons. The summed E-state index contributed by atoms with van der Waals surface area (Å²) in [4.78, 5) is 49.9. The number of aliphatic carboxylic acids is 1. The van der Waals surface area contributed by atoms with Crippen LogP contribution in [0.5, 0.6) is 0 Å². The number of carbonyl (C=O) groups is 4. The standard InChI is InChI=1S/C67H118O13/c1-6-10-13-16-18-24-34-42-58-60(77-58)44-36-27-21-29-38-47-64(69)74-51-55(52-75-65(70)48-39-30-22-28-37-45-61-59(78-61)43-35-25-19-17-14-11-7-2)76-54(9-4)40-31-23-20-26-33-41-57(80-66(71)49-53(5)67(72)73)56(68)50-63-62(79-63)46-32-15-12-8-3/h9,55-63,68H,5-8,10-52H2,1-4H3,(H,72,73). The van der Waals surface area contributed by atoms with Gasteiger partial charge in [0, 0.05) is 31.3 Å².